The van der Waals surface area contributed by atoms with Gasteiger partial charge >= 0.3 is 0 Å². The molecule has 92 valence electrons. The van der Waals surface area contributed by atoms with Crippen LogP contribution < -0.4 is 5.32 Å². The molecule has 1 atom stereocenters. The lowest BCUT2D eigenvalue weighted by molar-refractivity contribution is 0.409. The van der Waals surface area contributed by atoms with E-state index in [2.05, 4.69) is 18.3 Å². The van der Waals surface area contributed by atoms with Gasteiger partial charge in [0.05, 0.1) is 11.5 Å². The Kier molecular flexibility index (Phi) is 4.65. The Labute approximate surface area is 102 Å². The molecule has 1 aromatic rings. The van der Waals surface area contributed by atoms with Crippen molar-refractivity contribution in [2.75, 3.05) is 6.54 Å². The van der Waals surface area contributed by atoms with Gasteiger partial charge in [-0.2, -0.15) is 5.26 Å². The van der Waals surface area contributed by atoms with E-state index < -0.39 is 0 Å². The van der Waals surface area contributed by atoms with E-state index in [1.54, 1.807) is 12.1 Å². The normalized spacial score (nSPS) is 13.1. The molecule has 0 amide bonds. The second kappa shape index (κ2) is 5.79. The van der Waals surface area contributed by atoms with Gasteiger partial charge in [-0.15, -0.1) is 0 Å². The Morgan fingerprint density at radius 3 is 2.47 bits per heavy atom. The van der Waals surface area contributed by atoms with Crippen LogP contribution in [0.25, 0.3) is 0 Å². The fourth-order valence-electron chi connectivity index (χ4n) is 1.52. The molecule has 0 aliphatic rings. The Bertz CT molecular complexity index is 390. The van der Waals surface area contributed by atoms with Gasteiger partial charge in [-0.3, -0.25) is 0 Å². The molecule has 1 N–H and O–H groups in total. The minimum atomic E-state index is -0.350. The zero-order chi connectivity index (χ0) is 12.9. The average molecular weight is 234 g/mol. The van der Waals surface area contributed by atoms with Crippen molar-refractivity contribution in [3.05, 3.63) is 35.6 Å². The predicted octanol–water partition coefficient (Wildman–Crippen LogP) is 2.90. The van der Waals surface area contributed by atoms with Crippen molar-refractivity contribution in [1.29, 1.82) is 5.26 Å². The van der Waals surface area contributed by atoms with E-state index >= 15 is 0 Å². The standard InChI is InChI=1S/C14H19FN2/c1-11(17-10-14(2,3)9-16)8-12-4-6-13(15)7-5-12/h4-7,11,17H,8,10H2,1-3H3. The van der Waals surface area contributed by atoms with Gasteiger partial charge in [0.15, 0.2) is 0 Å². The minimum Gasteiger partial charge on any atom is -0.312 e. The average Bonchev–Trinajstić information content (AvgIpc) is 2.30. The number of hydrogen-bond acceptors (Lipinski definition) is 2. The molecule has 0 aliphatic heterocycles. The molecule has 0 radical (unpaired) electrons. The van der Waals surface area contributed by atoms with Gasteiger partial charge in [0.2, 0.25) is 0 Å². The van der Waals surface area contributed by atoms with E-state index in [1.807, 2.05) is 13.8 Å². The molecule has 17 heavy (non-hydrogen) atoms. The van der Waals surface area contributed by atoms with Gasteiger partial charge in [-0.1, -0.05) is 12.1 Å². The van der Waals surface area contributed by atoms with Crippen molar-refractivity contribution in [2.24, 2.45) is 5.41 Å². The zero-order valence-corrected chi connectivity index (χ0v) is 10.6. The fourth-order valence-corrected chi connectivity index (χ4v) is 1.52. The number of halogens is 1. The topological polar surface area (TPSA) is 35.8 Å². The lowest BCUT2D eigenvalue weighted by atomic mass is 9.95. The van der Waals surface area contributed by atoms with Crippen LogP contribution in [0.5, 0.6) is 0 Å². The first-order valence-electron chi connectivity index (χ1n) is 5.82. The van der Waals surface area contributed by atoms with Crippen molar-refractivity contribution >= 4 is 0 Å². The van der Waals surface area contributed by atoms with Crippen LogP contribution in [0.15, 0.2) is 24.3 Å². The summed E-state index contributed by atoms with van der Waals surface area (Å²) in [5.41, 5.74) is 0.748. The van der Waals surface area contributed by atoms with E-state index in [0.717, 1.165) is 12.0 Å². The van der Waals surface area contributed by atoms with Crippen LogP contribution in [0.4, 0.5) is 4.39 Å². The zero-order valence-electron chi connectivity index (χ0n) is 10.6. The number of nitrogens with one attached hydrogen (secondary N) is 1. The molecule has 2 nitrogen and oxygen atoms in total. The molecule has 0 bridgehead atoms. The fraction of sp³-hybridized carbons (Fsp3) is 0.500. The number of rotatable bonds is 5. The third-order valence-electron chi connectivity index (χ3n) is 2.65. The molecule has 1 aromatic carbocycles. The van der Waals surface area contributed by atoms with Crippen molar-refractivity contribution in [3.8, 4) is 6.07 Å². The van der Waals surface area contributed by atoms with Crippen LogP contribution in [0.3, 0.4) is 0 Å². The summed E-state index contributed by atoms with van der Waals surface area (Å²) < 4.78 is 12.7. The summed E-state index contributed by atoms with van der Waals surface area (Å²) in [6, 6.07) is 9.06. The van der Waals surface area contributed by atoms with Crippen LogP contribution in [-0.2, 0) is 6.42 Å². The molecule has 0 spiro atoms. The monoisotopic (exact) mass is 234 g/mol. The molecular formula is C14H19FN2. The highest BCUT2D eigenvalue weighted by Gasteiger charge is 2.17. The molecule has 3 heteroatoms. The van der Waals surface area contributed by atoms with Crippen molar-refractivity contribution in [3.63, 3.8) is 0 Å². The van der Waals surface area contributed by atoms with Gasteiger partial charge in [-0.05, 0) is 44.9 Å². The van der Waals surface area contributed by atoms with E-state index in [-0.39, 0.29) is 17.3 Å². The highest BCUT2D eigenvalue weighted by molar-refractivity contribution is 5.17. The van der Waals surface area contributed by atoms with E-state index in [9.17, 15) is 4.39 Å². The molecule has 0 aliphatic carbocycles. The number of nitrogens with zero attached hydrogens (tertiary/aromatic N) is 1. The van der Waals surface area contributed by atoms with Crippen LogP contribution in [-0.4, -0.2) is 12.6 Å². The van der Waals surface area contributed by atoms with Gasteiger partial charge < -0.3 is 5.32 Å². The Morgan fingerprint density at radius 2 is 1.94 bits per heavy atom. The first-order valence-corrected chi connectivity index (χ1v) is 5.82. The largest absolute Gasteiger partial charge is 0.312 e. The van der Waals surface area contributed by atoms with Crippen LogP contribution in [0.2, 0.25) is 0 Å². The Morgan fingerprint density at radius 1 is 1.35 bits per heavy atom. The summed E-state index contributed by atoms with van der Waals surface area (Å²) in [5, 5.41) is 12.2. The maximum atomic E-state index is 12.7. The minimum absolute atomic E-state index is 0.208. The molecule has 1 rings (SSSR count). The van der Waals surface area contributed by atoms with E-state index in [1.165, 1.54) is 12.1 Å². The second-order valence-corrected chi connectivity index (χ2v) is 5.11. The first-order chi connectivity index (χ1) is 7.93. The van der Waals surface area contributed by atoms with Gasteiger partial charge in [-0.25, -0.2) is 4.39 Å². The summed E-state index contributed by atoms with van der Waals surface area (Å²) in [4.78, 5) is 0. The maximum Gasteiger partial charge on any atom is 0.123 e. The second-order valence-electron chi connectivity index (χ2n) is 5.11. The first kappa shape index (κ1) is 13.7. The lowest BCUT2D eigenvalue weighted by Gasteiger charge is -2.20. The van der Waals surface area contributed by atoms with Crippen molar-refractivity contribution < 1.29 is 4.39 Å². The van der Waals surface area contributed by atoms with Crippen LogP contribution in [0.1, 0.15) is 26.3 Å². The Balaban J connectivity index is 2.43. The van der Waals surface area contributed by atoms with Crippen molar-refractivity contribution in [1.82, 2.24) is 5.32 Å². The quantitative estimate of drug-likeness (QED) is 0.850. The van der Waals surface area contributed by atoms with Gasteiger partial charge in [0.25, 0.3) is 0 Å². The summed E-state index contributed by atoms with van der Waals surface area (Å²) in [7, 11) is 0. The maximum absolute atomic E-state index is 12.7. The van der Waals surface area contributed by atoms with E-state index in [0.29, 0.717) is 6.54 Å². The highest BCUT2D eigenvalue weighted by Crippen LogP contribution is 2.12. The molecule has 0 aromatic heterocycles. The van der Waals surface area contributed by atoms with Gasteiger partial charge in [0.1, 0.15) is 5.82 Å². The predicted molar refractivity (Wildman–Crippen MR) is 67.0 cm³/mol. The number of hydrogen-bond donors (Lipinski definition) is 1. The van der Waals surface area contributed by atoms with Gasteiger partial charge in [0, 0.05) is 12.6 Å². The summed E-state index contributed by atoms with van der Waals surface area (Å²) >= 11 is 0. The smallest absolute Gasteiger partial charge is 0.123 e. The SMILES string of the molecule is CC(Cc1ccc(F)cc1)NCC(C)(C)C#N. The third-order valence-corrected chi connectivity index (χ3v) is 2.65. The van der Waals surface area contributed by atoms with E-state index in [4.69, 9.17) is 5.26 Å². The van der Waals surface area contributed by atoms with Crippen molar-refractivity contribution in [2.45, 2.75) is 33.2 Å². The highest BCUT2D eigenvalue weighted by atomic mass is 19.1. The third kappa shape index (κ3) is 4.97. The lowest BCUT2D eigenvalue weighted by Crippen LogP contribution is -2.35. The van der Waals surface area contributed by atoms with Crippen LogP contribution >= 0.6 is 0 Å². The Hall–Kier alpha value is -1.40. The molecule has 1 unspecified atom stereocenters. The molecule has 0 saturated carbocycles. The molecule has 0 heterocycles. The number of benzene rings is 1. The molecule has 0 fully saturated rings. The molecule has 0 saturated heterocycles. The summed E-state index contributed by atoms with van der Waals surface area (Å²) in [6.45, 7) is 6.54. The summed E-state index contributed by atoms with van der Waals surface area (Å²) in [5.74, 6) is -0.208. The van der Waals surface area contributed by atoms with Crippen LogP contribution in [0, 0.1) is 22.6 Å². The summed E-state index contributed by atoms with van der Waals surface area (Å²) in [6.07, 6.45) is 0.835. The number of nitriles is 1. The molecular weight excluding hydrogens is 215 g/mol.